The monoisotopic (exact) mass is 364 g/mol. The van der Waals surface area contributed by atoms with Gasteiger partial charge < -0.3 is 10.6 Å². The first-order valence-electron chi connectivity index (χ1n) is 7.24. The van der Waals surface area contributed by atoms with Gasteiger partial charge in [-0.1, -0.05) is 28.1 Å². The van der Waals surface area contributed by atoms with E-state index in [4.69, 9.17) is 0 Å². The predicted molar refractivity (Wildman–Crippen MR) is 91.2 cm³/mol. The van der Waals surface area contributed by atoms with Gasteiger partial charge in [-0.05, 0) is 38.6 Å². The molecular weight excluding hydrogens is 344 g/mol. The second kappa shape index (κ2) is 7.56. The molecule has 0 aliphatic carbocycles. The minimum absolute atomic E-state index is 0.0641. The number of halogens is 1. The molecule has 5 nitrogen and oxygen atoms in total. The van der Waals surface area contributed by atoms with Gasteiger partial charge >= 0.3 is 0 Å². The Morgan fingerprint density at radius 3 is 2.77 bits per heavy atom. The van der Waals surface area contributed by atoms with Crippen molar-refractivity contribution in [3.63, 3.8) is 0 Å². The fourth-order valence-electron chi connectivity index (χ4n) is 2.38. The van der Waals surface area contributed by atoms with Crippen molar-refractivity contribution in [3.8, 4) is 0 Å². The number of hydrogen-bond acceptors (Lipinski definition) is 3. The van der Waals surface area contributed by atoms with E-state index in [-0.39, 0.29) is 5.91 Å². The van der Waals surface area contributed by atoms with Gasteiger partial charge in [0.25, 0.3) is 5.91 Å². The topological polar surface area (TPSA) is 58.9 Å². The Morgan fingerprint density at radius 2 is 2.09 bits per heavy atom. The fraction of sp³-hybridized carbons (Fsp3) is 0.375. The molecule has 1 heterocycles. The van der Waals surface area contributed by atoms with Gasteiger partial charge in [-0.2, -0.15) is 5.10 Å². The zero-order valence-corrected chi connectivity index (χ0v) is 14.7. The zero-order chi connectivity index (χ0) is 16.1. The number of aromatic nitrogens is 2. The molecule has 0 aliphatic rings. The molecule has 1 amide bonds. The SMILES string of the molecule is CNCCNC(=O)c1c(C)nn(Cc2cccc(Br)c2)c1C. The van der Waals surface area contributed by atoms with Crippen molar-refractivity contribution in [2.24, 2.45) is 0 Å². The Kier molecular flexibility index (Phi) is 5.74. The molecule has 2 rings (SSSR count). The molecule has 0 unspecified atom stereocenters. The first-order chi connectivity index (χ1) is 10.5. The molecule has 0 atom stereocenters. The lowest BCUT2D eigenvalue weighted by Crippen LogP contribution is -2.31. The number of carbonyl (C=O) groups excluding carboxylic acids is 1. The molecule has 6 heteroatoms. The molecule has 22 heavy (non-hydrogen) atoms. The van der Waals surface area contributed by atoms with Gasteiger partial charge in [-0.3, -0.25) is 9.48 Å². The lowest BCUT2D eigenvalue weighted by atomic mass is 10.1. The van der Waals surface area contributed by atoms with Crippen molar-refractivity contribution in [2.45, 2.75) is 20.4 Å². The van der Waals surface area contributed by atoms with Gasteiger partial charge in [0.15, 0.2) is 0 Å². The highest BCUT2D eigenvalue weighted by atomic mass is 79.9. The highest BCUT2D eigenvalue weighted by Crippen LogP contribution is 2.17. The van der Waals surface area contributed by atoms with Crippen molar-refractivity contribution in [1.82, 2.24) is 20.4 Å². The molecule has 0 aliphatic heterocycles. The van der Waals surface area contributed by atoms with Gasteiger partial charge in [0, 0.05) is 23.3 Å². The highest BCUT2D eigenvalue weighted by molar-refractivity contribution is 9.10. The Bertz CT molecular complexity index is 666. The molecule has 2 aromatic rings. The van der Waals surface area contributed by atoms with E-state index < -0.39 is 0 Å². The van der Waals surface area contributed by atoms with Crippen LogP contribution in [0.15, 0.2) is 28.7 Å². The number of rotatable bonds is 6. The van der Waals surface area contributed by atoms with Crippen LogP contribution in [0.25, 0.3) is 0 Å². The van der Waals surface area contributed by atoms with E-state index in [1.54, 1.807) is 0 Å². The van der Waals surface area contributed by atoms with E-state index >= 15 is 0 Å². The lowest BCUT2D eigenvalue weighted by molar-refractivity contribution is 0.0953. The van der Waals surface area contributed by atoms with Crippen LogP contribution in [-0.2, 0) is 6.54 Å². The summed E-state index contributed by atoms with van der Waals surface area (Å²) in [5.74, 6) is -0.0641. The van der Waals surface area contributed by atoms with E-state index in [0.717, 1.165) is 28.0 Å². The summed E-state index contributed by atoms with van der Waals surface area (Å²) in [6.45, 7) is 5.80. The largest absolute Gasteiger partial charge is 0.351 e. The number of aryl methyl sites for hydroxylation is 1. The number of nitrogens with zero attached hydrogens (tertiary/aromatic N) is 2. The molecule has 118 valence electrons. The minimum Gasteiger partial charge on any atom is -0.351 e. The van der Waals surface area contributed by atoms with Gasteiger partial charge in [0.2, 0.25) is 0 Å². The average Bonchev–Trinajstić information content (AvgIpc) is 2.73. The van der Waals surface area contributed by atoms with Crippen LogP contribution in [0.1, 0.15) is 27.3 Å². The maximum atomic E-state index is 12.3. The van der Waals surface area contributed by atoms with Crippen LogP contribution in [0.5, 0.6) is 0 Å². The Hall–Kier alpha value is -1.66. The summed E-state index contributed by atoms with van der Waals surface area (Å²) < 4.78 is 2.92. The first-order valence-corrected chi connectivity index (χ1v) is 8.03. The van der Waals surface area contributed by atoms with Crippen LogP contribution in [0, 0.1) is 13.8 Å². The van der Waals surface area contributed by atoms with E-state index in [1.807, 2.05) is 43.8 Å². The number of carbonyl (C=O) groups is 1. The molecule has 0 fully saturated rings. The summed E-state index contributed by atoms with van der Waals surface area (Å²) in [7, 11) is 1.86. The smallest absolute Gasteiger partial charge is 0.255 e. The normalized spacial score (nSPS) is 10.7. The molecule has 0 radical (unpaired) electrons. The molecule has 0 bridgehead atoms. The third kappa shape index (κ3) is 3.96. The Labute approximate surface area is 139 Å². The summed E-state index contributed by atoms with van der Waals surface area (Å²) >= 11 is 3.47. The van der Waals surface area contributed by atoms with Gasteiger partial charge in [0.1, 0.15) is 0 Å². The molecule has 1 aromatic carbocycles. The lowest BCUT2D eigenvalue weighted by Gasteiger charge is -2.07. The van der Waals surface area contributed by atoms with Crippen molar-refractivity contribution in [2.75, 3.05) is 20.1 Å². The quantitative estimate of drug-likeness (QED) is 0.772. The Morgan fingerprint density at radius 1 is 1.32 bits per heavy atom. The third-order valence-corrected chi connectivity index (χ3v) is 3.98. The van der Waals surface area contributed by atoms with Gasteiger partial charge in [-0.25, -0.2) is 0 Å². The van der Waals surface area contributed by atoms with Crippen molar-refractivity contribution >= 4 is 21.8 Å². The molecule has 1 aromatic heterocycles. The summed E-state index contributed by atoms with van der Waals surface area (Å²) in [6.07, 6.45) is 0. The molecule has 0 saturated heterocycles. The summed E-state index contributed by atoms with van der Waals surface area (Å²) in [4.78, 5) is 12.3. The number of amides is 1. The third-order valence-electron chi connectivity index (χ3n) is 3.49. The number of hydrogen-bond donors (Lipinski definition) is 2. The van der Waals surface area contributed by atoms with Crippen molar-refractivity contribution < 1.29 is 4.79 Å². The maximum absolute atomic E-state index is 12.3. The van der Waals surface area contributed by atoms with E-state index in [2.05, 4.69) is 37.7 Å². The summed E-state index contributed by atoms with van der Waals surface area (Å²) in [6, 6.07) is 8.10. The second-order valence-electron chi connectivity index (χ2n) is 5.19. The first kappa shape index (κ1) is 16.7. The molecule has 0 spiro atoms. The second-order valence-corrected chi connectivity index (χ2v) is 6.11. The van der Waals surface area contributed by atoms with Crippen LogP contribution in [-0.4, -0.2) is 35.8 Å². The van der Waals surface area contributed by atoms with Crippen LogP contribution in [0.2, 0.25) is 0 Å². The summed E-state index contributed by atoms with van der Waals surface area (Å²) in [5, 5.41) is 10.4. The Balaban J connectivity index is 2.18. The predicted octanol–water partition coefficient (Wildman–Crippen LogP) is 2.26. The van der Waals surface area contributed by atoms with Crippen LogP contribution < -0.4 is 10.6 Å². The number of likely N-dealkylation sites (N-methyl/N-ethyl adjacent to an activating group) is 1. The average molecular weight is 365 g/mol. The fourth-order valence-corrected chi connectivity index (χ4v) is 2.82. The molecular formula is C16H21BrN4O. The number of benzene rings is 1. The van der Waals surface area contributed by atoms with Crippen LogP contribution in [0.3, 0.4) is 0 Å². The van der Waals surface area contributed by atoms with Crippen molar-refractivity contribution in [1.29, 1.82) is 0 Å². The van der Waals surface area contributed by atoms with Gasteiger partial charge in [-0.15, -0.1) is 0 Å². The van der Waals surface area contributed by atoms with E-state index in [9.17, 15) is 4.79 Å². The van der Waals surface area contributed by atoms with Crippen LogP contribution >= 0.6 is 15.9 Å². The molecule has 0 saturated carbocycles. The summed E-state index contributed by atoms with van der Waals surface area (Å²) in [5.41, 5.74) is 3.46. The molecule has 2 N–H and O–H groups in total. The highest BCUT2D eigenvalue weighted by Gasteiger charge is 2.18. The van der Waals surface area contributed by atoms with Crippen molar-refractivity contribution in [3.05, 3.63) is 51.3 Å². The van der Waals surface area contributed by atoms with E-state index in [1.165, 1.54) is 0 Å². The maximum Gasteiger partial charge on any atom is 0.255 e. The zero-order valence-electron chi connectivity index (χ0n) is 13.1. The number of nitrogens with one attached hydrogen (secondary N) is 2. The van der Waals surface area contributed by atoms with E-state index in [0.29, 0.717) is 18.7 Å². The van der Waals surface area contributed by atoms with Crippen LogP contribution in [0.4, 0.5) is 0 Å². The van der Waals surface area contributed by atoms with Gasteiger partial charge in [0.05, 0.1) is 17.8 Å². The minimum atomic E-state index is -0.0641. The standard InChI is InChI=1S/C16H21BrN4O/c1-11-15(16(22)19-8-7-18-3)12(2)21(20-11)10-13-5-4-6-14(17)9-13/h4-6,9,18H,7-8,10H2,1-3H3,(H,19,22).